The maximum absolute atomic E-state index is 6.43. The molecule has 1 heterocycles. The van der Waals surface area contributed by atoms with Crippen molar-refractivity contribution in [3.8, 4) is 0 Å². The number of hydrogen-bond acceptors (Lipinski definition) is 2. The Labute approximate surface area is 106 Å². The summed E-state index contributed by atoms with van der Waals surface area (Å²) in [4.78, 5) is 3.95. The standard InChI is InChI=1S/C13H25N2OSi/c1-12(2,3)17(6,7)16-13(4,5)10-15-9-8-14-11-15/h8-9H,10H2,1-7H3. The van der Waals surface area contributed by atoms with Crippen LogP contribution in [-0.2, 0) is 11.0 Å². The molecule has 0 saturated heterocycles. The summed E-state index contributed by atoms with van der Waals surface area (Å²) in [7, 11) is -1.72. The van der Waals surface area contributed by atoms with E-state index in [1.54, 1.807) is 6.20 Å². The van der Waals surface area contributed by atoms with Crippen LogP contribution in [0.2, 0.25) is 18.1 Å². The number of nitrogens with zero attached hydrogens (tertiary/aromatic N) is 2. The summed E-state index contributed by atoms with van der Waals surface area (Å²) < 4.78 is 8.38. The summed E-state index contributed by atoms with van der Waals surface area (Å²) in [5.41, 5.74) is -0.180. The first-order valence-electron chi connectivity index (χ1n) is 6.12. The van der Waals surface area contributed by atoms with Gasteiger partial charge in [0.2, 0.25) is 0 Å². The molecule has 0 aliphatic heterocycles. The normalized spacial score (nSPS) is 14.1. The van der Waals surface area contributed by atoms with E-state index in [1.165, 1.54) is 0 Å². The summed E-state index contributed by atoms with van der Waals surface area (Å²) in [6.45, 7) is 16.4. The fraction of sp³-hybridized carbons (Fsp3) is 0.769. The highest BCUT2D eigenvalue weighted by molar-refractivity contribution is 6.74. The van der Waals surface area contributed by atoms with E-state index in [-0.39, 0.29) is 10.6 Å². The van der Waals surface area contributed by atoms with Gasteiger partial charge in [0.05, 0.1) is 12.1 Å². The zero-order valence-electron chi connectivity index (χ0n) is 12.2. The second-order valence-corrected chi connectivity index (χ2v) is 11.5. The molecule has 0 aliphatic carbocycles. The van der Waals surface area contributed by atoms with Crippen molar-refractivity contribution in [2.45, 2.75) is 64.9 Å². The SMILES string of the molecule is CC(C)(Cn1[c]ncc1)O[Si](C)(C)C(C)(C)C. The molecule has 0 unspecified atom stereocenters. The number of hydrogen-bond donors (Lipinski definition) is 0. The second kappa shape index (κ2) is 4.57. The average Bonchev–Trinajstić information content (AvgIpc) is 2.50. The molecule has 0 amide bonds. The van der Waals surface area contributed by atoms with Gasteiger partial charge in [0.1, 0.15) is 0 Å². The molecule has 3 nitrogen and oxygen atoms in total. The summed E-state index contributed by atoms with van der Waals surface area (Å²) >= 11 is 0. The molecular formula is C13H25N2OSi. The fourth-order valence-electron chi connectivity index (χ4n) is 1.63. The predicted octanol–water partition coefficient (Wildman–Crippen LogP) is 3.48. The van der Waals surface area contributed by atoms with Gasteiger partial charge in [-0.05, 0) is 32.0 Å². The van der Waals surface area contributed by atoms with Crippen molar-refractivity contribution in [2.24, 2.45) is 0 Å². The van der Waals surface area contributed by atoms with Gasteiger partial charge in [-0.2, -0.15) is 0 Å². The van der Waals surface area contributed by atoms with E-state index in [9.17, 15) is 0 Å². The third-order valence-electron chi connectivity index (χ3n) is 3.40. The Morgan fingerprint density at radius 1 is 1.24 bits per heavy atom. The molecule has 0 N–H and O–H groups in total. The third kappa shape index (κ3) is 3.96. The first-order valence-corrected chi connectivity index (χ1v) is 9.03. The molecule has 0 bridgehead atoms. The van der Waals surface area contributed by atoms with E-state index >= 15 is 0 Å². The van der Waals surface area contributed by atoms with Crippen molar-refractivity contribution in [3.63, 3.8) is 0 Å². The van der Waals surface area contributed by atoms with Crippen molar-refractivity contribution >= 4 is 8.32 Å². The van der Waals surface area contributed by atoms with E-state index < -0.39 is 8.32 Å². The summed E-state index contributed by atoms with van der Waals surface area (Å²) in [5, 5.41) is 0.239. The smallest absolute Gasteiger partial charge is 0.192 e. The van der Waals surface area contributed by atoms with Crippen LogP contribution >= 0.6 is 0 Å². The first kappa shape index (κ1) is 14.4. The molecule has 1 radical (unpaired) electrons. The highest BCUT2D eigenvalue weighted by atomic mass is 28.4. The van der Waals surface area contributed by atoms with Gasteiger partial charge in [-0.3, -0.25) is 0 Å². The molecule has 4 heteroatoms. The van der Waals surface area contributed by atoms with E-state index in [0.717, 1.165) is 6.54 Å². The Balaban J connectivity index is 2.72. The van der Waals surface area contributed by atoms with Crippen LogP contribution in [0.15, 0.2) is 12.4 Å². The van der Waals surface area contributed by atoms with Gasteiger partial charge in [0.15, 0.2) is 14.6 Å². The van der Waals surface area contributed by atoms with Gasteiger partial charge in [-0.15, -0.1) is 0 Å². The highest BCUT2D eigenvalue weighted by Gasteiger charge is 2.41. The molecule has 1 aromatic heterocycles. The van der Waals surface area contributed by atoms with Gasteiger partial charge in [0.25, 0.3) is 0 Å². The average molecular weight is 253 g/mol. The fourth-order valence-corrected chi connectivity index (χ4v) is 3.38. The Morgan fingerprint density at radius 2 is 1.82 bits per heavy atom. The van der Waals surface area contributed by atoms with Crippen LogP contribution in [0.3, 0.4) is 0 Å². The van der Waals surface area contributed by atoms with Crippen LogP contribution in [0, 0.1) is 6.33 Å². The molecule has 0 saturated carbocycles. The molecule has 0 atom stereocenters. The zero-order valence-corrected chi connectivity index (χ0v) is 13.2. The van der Waals surface area contributed by atoms with Gasteiger partial charge in [-0.1, -0.05) is 20.8 Å². The van der Waals surface area contributed by atoms with Crippen molar-refractivity contribution in [2.75, 3.05) is 0 Å². The van der Waals surface area contributed by atoms with E-state index in [1.807, 2.05) is 10.8 Å². The minimum Gasteiger partial charge on any atom is -0.410 e. The quantitative estimate of drug-likeness (QED) is 0.768. The molecule has 1 rings (SSSR count). The van der Waals surface area contributed by atoms with Crippen molar-refractivity contribution in [3.05, 3.63) is 18.7 Å². The minimum absolute atomic E-state index is 0.180. The van der Waals surface area contributed by atoms with Crippen molar-refractivity contribution in [1.29, 1.82) is 0 Å². The predicted molar refractivity (Wildman–Crippen MR) is 73.4 cm³/mol. The molecule has 17 heavy (non-hydrogen) atoms. The number of aromatic nitrogens is 2. The summed E-state index contributed by atoms with van der Waals surface area (Å²) in [5.74, 6) is 0. The lowest BCUT2D eigenvalue weighted by molar-refractivity contribution is 0.0727. The lowest BCUT2D eigenvalue weighted by Gasteiger charge is -2.42. The second-order valence-electron chi connectivity index (χ2n) is 6.78. The van der Waals surface area contributed by atoms with Gasteiger partial charge < -0.3 is 8.99 Å². The maximum Gasteiger partial charge on any atom is 0.192 e. The van der Waals surface area contributed by atoms with E-state index in [2.05, 4.69) is 59.0 Å². The van der Waals surface area contributed by atoms with Crippen LogP contribution in [0.4, 0.5) is 0 Å². The third-order valence-corrected chi connectivity index (χ3v) is 8.07. The van der Waals surface area contributed by atoms with Crippen LogP contribution < -0.4 is 0 Å². The summed E-state index contributed by atoms with van der Waals surface area (Å²) in [6.07, 6.45) is 6.60. The Kier molecular flexibility index (Phi) is 3.89. The highest BCUT2D eigenvalue weighted by Crippen LogP contribution is 2.39. The molecular weight excluding hydrogens is 228 g/mol. The molecule has 1 aromatic rings. The monoisotopic (exact) mass is 253 g/mol. The Morgan fingerprint density at radius 3 is 2.24 bits per heavy atom. The zero-order chi connectivity index (χ0) is 13.3. The van der Waals surface area contributed by atoms with Gasteiger partial charge in [0, 0.05) is 12.4 Å². The Hall–Kier alpha value is -0.613. The minimum atomic E-state index is -1.72. The van der Waals surface area contributed by atoms with Crippen LogP contribution in [-0.4, -0.2) is 23.5 Å². The number of imidazole rings is 1. The van der Waals surface area contributed by atoms with Crippen LogP contribution in [0.5, 0.6) is 0 Å². The topological polar surface area (TPSA) is 27.1 Å². The van der Waals surface area contributed by atoms with E-state index in [0.29, 0.717) is 0 Å². The summed E-state index contributed by atoms with van der Waals surface area (Å²) in [6, 6.07) is 0. The van der Waals surface area contributed by atoms with Gasteiger partial charge in [-0.25, -0.2) is 4.98 Å². The number of rotatable bonds is 4. The molecule has 97 valence electrons. The largest absolute Gasteiger partial charge is 0.410 e. The van der Waals surface area contributed by atoms with Crippen molar-refractivity contribution in [1.82, 2.24) is 9.55 Å². The molecule has 0 fully saturated rings. The molecule has 0 spiro atoms. The van der Waals surface area contributed by atoms with Gasteiger partial charge >= 0.3 is 0 Å². The van der Waals surface area contributed by atoms with Crippen molar-refractivity contribution < 1.29 is 4.43 Å². The first-order chi connectivity index (χ1) is 7.54. The Bertz CT molecular complexity index is 350. The van der Waals surface area contributed by atoms with E-state index in [4.69, 9.17) is 4.43 Å². The van der Waals surface area contributed by atoms with Crippen LogP contribution in [0.1, 0.15) is 34.6 Å². The molecule has 0 aliphatic rings. The lowest BCUT2D eigenvalue weighted by atomic mass is 10.1. The lowest BCUT2D eigenvalue weighted by Crippen LogP contribution is -2.48. The maximum atomic E-state index is 6.43. The van der Waals surface area contributed by atoms with Crippen LogP contribution in [0.25, 0.3) is 0 Å². The molecule has 0 aromatic carbocycles.